The van der Waals surface area contributed by atoms with Gasteiger partial charge in [0.05, 0.1) is 32.7 Å². The Labute approximate surface area is 222 Å². The standard InChI is InChI=1S/C26H24N4O3S3/c1-15-16(2)35-26(28-15)36-24-19(13-27)22(18-11-20(31-3)23(33-5)21(12-18)32-4)29-25(30-24)34-14-17-9-7-6-8-10-17/h6-12H,14H2,1-5H3. The average molecular weight is 537 g/mol. The van der Waals surface area contributed by atoms with E-state index in [0.29, 0.717) is 50.0 Å². The van der Waals surface area contributed by atoms with E-state index in [1.54, 1.807) is 44.8 Å². The molecular weight excluding hydrogens is 513 g/mol. The van der Waals surface area contributed by atoms with Crippen LogP contribution in [0.3, 0.4) is 0 Å². The van der Waals surface area contributed by atoms with Crippen LogP contribution in [-0.4, -0.2) is 36.3 Å². The van der Waals surface area contributed by atoms with E-state index in [1.165, 1.54) is 23.5 Å². The van der Waals surface area contributed by atoms with E-state index < -0.39 is 0 Å². The van der Waals surface area contributed by atoms with Crippen molar-refractivity contribution in [3.63, 3.8) is 0 Å². The molecular formula is C26H24N4O3S3. The molecule has 2 aromatic carbocycles. The summed E-state index contributed by atoms with van der Waals surface area (Å²) in [4.78, 5) is 15.3. The first-order chi connectivity index (χ1) is 17.5. The minimum absolute atomic E-state index is 0.365. The van der Waals surface area contributed by atoms with Crippen molar-refractivity contribution in [2.24, 2.45) is 0 Å². The molecule has 36 heavy (non-hydrogen) atoms. The van der Waals surface area contributed by atoms with Crippen LogP contribution in [0.2, 0.25) is 0 Å². The number of hydrogen-bond donors (Lipinski definition) is 0. The maximum atomic E-state index is 10.2. The third-order valence-electron chi connectivity index (χ3n) is 5.31. The van der Waals surface area contributed by atoms with Gasteiger partial charge in [-0.15, -0.1) is 11.3 Å². The van der Waals surface area contributed by atoms with Crippen molar-refractivity contribution in [1.29, 1.82) is 5.26 Å². The maximum Gasteiger partial charge on any atom is 0.203 e. The number of rotatable bonds is 9. The van der Waals surface area contributed by atoms with Gasteiger partial charge in [0, 0.05) is 16.2 Å². The minimum Gasteiger partial charge on any atom is -0.493 e. The van der Waals surface area contributed by atoms with Gasteiger partial charge in [-0.1, -0.05) is 42.1 Å². The molecule has 0 N–H and O–H groups in total. The Morgan fingerprint density at radius 2 is 1.64 bits per heavy atom. The summed E-state index contributed by atoms with van der Waals surface area (Å²) in [5, 5.41) is 11.3. The van der Waals surface area contributed by atoms with Crippen LogP contribution >= 0.6 is 34.9 Å². The first-order valence-corrected chi connectivity index (χ1v) is 13.5. The highest BCUT2D eigenvalue weighted by Crippen LogP contribution is 2.43. The van der Waals surface area contributed by atoms with E-state index in [4.69, 9.17) is 24.2 Å². The highest BCUT2D eigenvalue weighted by atomic mass is 32.2. The lowest BCUT2D eigenvalue weighted by molar-refractivity contribution is 0.324. The lowest BCUT2D eigenvalue weighted by Crippen LogP contribution is -2.01. The van der Waals surface area contributed by atoms with Crippen molar-refractivity contribution < 1.29 is 14.2 Å². The number of methoxy groups -OCH3 is 3. The zero-order chi connectivity index (χ0) is 25.7. The van der Waals surface area contributed by atoms with Crippen molar-refractivity contribution >= 4 is 34.9 Å². The van der Waals surface area contributed by atoms with E-state index in [1.807, 2.05) is 32.0 Å². The van der Waals surface area contributed by atoms with Crippen molar-refractivity contribution in [2.45, 2.75) is 34.1 Å². The van der Waals surface area contributed by atoms with Crippen molar-refractivity contribution in [2.75, 3.05) is 21.3 Å². The SMILES string of the molecule is COc1cc(-c2nc(SCc3ccccc3)nc(Sc3nc(C)c(C)s3)c2C#N)cc(OC)c1OC. The van der Waals surface area contributed by atoms with Crippen LogP contribution in [0.5, 0.6) is 17.2 Å². The molecule has 2 heterocycles. The predicted molar refractivity (Wildman–Crippen MR) is 144 cm³/mol. The van der Waals surface area contributed by atoms with Gasteiger partial charge in [0.15, 0.2) is 21.0 Å². The molecule has 7 nitrogen and oxygen atoms in total. The number of hydrogen-bond acceptors (Lipinski definition) is 10. The molecule has 0 radical (unpaired) electrons. The lowest BCUT2D eigenvalue weighted by atomic mass is 10.1. The van der Waals surface area contributed by atoms with Crippen molar-refractivity contribution in [1.82, 2.24) is 15.0 Å². The van der Waals surface area contributed by atoms with Gasteiger partial charge < -0.3 is 14.2 Å². The van der Waals surface area contributed by atoms with Gasteiger partial charge in [-0.3, -0.25) is 0 Å². The third kappa shape index (κ3) is 5.59. The largest absolute Gasteiger partial charge is 0.493 e. The Morgan fingerprint density at radius 1 is 0.944 bits per heavy atom. The van der Waals surface area contributed by atoms with Crippen LogP contribution in [0, 0.1) is 25.2 Å². The van der Waals surface area contributed by atoms with Gasteiger partial charge in [0.1, 0.15) is 16.7 Å². The Hall–Kier alpha value is -3.26. The average Bonchev–Trinajstić information content (AvgIpc) is 3.22. The number of ether oxygens (including phenoxy) is 3. The topological polar surface area (TPSA) is 90.2 Å². The molecule has 0 aliphatic carbocycles. The summed E-state index contributed by atoms with van der Waals surface area (Å²) < 4.78 is 17.4. The number of aryl methyl sites for hydroxylation is 2. The molecule has 0 unspecified atom stereocenters. The normalized spacial score (nSPS) is 10.7. The van der Waals surface area contributed by atoms with Gasteiger partial charge in [0.25, 0.3) is 0 Å². The highest BCUT2D eigenvalue weighted by molar-refractivity contribution is 8.01. The molecule has 0 atom stereocenters. The second-order valence-electron chi connectivity index (χ2n) is 7.56. The third-order valence-corrected chi connectivity index (χ3v) is 8.35. The van der Waals surface area contributed by atoms with Gasteiger partial charge in [0.2, 0.25) is 5.75 Å². The molecule has 0 aliphatic rings. The lowest BCUT2D eigenvalue weighted by Gasteiger charge is -2.15. The van der Waals surface area contributed by atoms with Crippen LogP contribution in [-0.2, 0) is 5.75 Å². The fourth-order valence-electron chi connectivity index (χ4n) is 3.38. The molecule has 4 aromatic rings. The Balaban J connectivity index is 1.85. The zero-order valence-electron chi connectivity index (χ0n) is 20.5. The molecule has 2 aromatic heterocycles. The Kier molecular flexibility index (Phi) is 8.36. The molecule has 0 fully saturated rings. The summed E-state index contributed by atoms with van der Waals surface area (Å²) in [5.41, 5.74) is 3.65. The molecule has 0 bridgehead atoms. The van der Waals surface area contributed by atoms with Crippen LogP contribution in [0.15, 0.2) is 57.0 Å². The number of aromatic nitrogens is 3. The van der Waals surface area contributed by atoms with Gasteiger partial charge in [-0.25, -0.2) is 15.0 Å². The highest BCUT2D eigenvalue weighted by Gasteiger charge is 2.22. The quantitative estimate of drug-likeness (QED) is 0.134. The molecule has 0 spiro atoms. The zero-order valence-corrected chi connectivity index (χ0v) is 22.9. The second kappa shape index (κ2) is 11.6. The first kappa shape index (κ1) is 25.8. The summed E-state index contributed by atoms with van der Waals surface area (Å²) >= 11 is 4.47. The molecule has 4 rings (SSSR count). The van der Waals surface area contributed by atoms with Crippen LogP contribution < -0.4 is 14.2 Å². The van der Waals surface area contributed by atoms with Crippen LogP contribution in [0.4, 0.5) is 0 Å². The van der Waals surface area contributed by atoms with Crippen LogP contribution in [0.25, 0.3) is 11.3 Å². The Morgan fingerprint density at radius 3 is 2.19 bits per heavy atom. The van der Waals surface area contributed by atoms with E-state index >= 15 is 0 Å². The van der Waals surface area contributed by atoms with E-state index in [9.17, 15) is 5.26 Å². The van der Waals surface area contributed by atoms with E-state index in [-0.39, 0.29) is 0 Å². The molecule has 0 amide bonds. The summed E-state index contributed by atoms with van der Waals surface area (Å²) in [6.07, 6.45) is 0. The van der Waals surface area contributed by atoms with Gasteiger partial charge in [-0.2, -0.15) is 5.26 Å². The molecule has 0 saturated heterocycles. The molecule has 10 heteroatoms. The smallest absolute Gasteiger partial charge is 0.203 e. The molecule has 184 valence electrons. The van der Waals surface area contributed by atoms with E-state index in [0.717, 1.165) is 20.5 Å². The second-order valence-corrected chi connectivity index (χ2v) is 10.9. The summed E-state index contributed by atoms with van der Waals surface area (Å²) in [6.45, 7) is 4.01. The van der Waals surface area contributed by atoms with E-state index in [2.05, 4.69) is 23.2 Å². The Bertz CT molecular complexity index is 1370. The number of nitrogens with zero attached hydrogens (tertiary/aromatic N) is 4. The van der Waals surface area contributed by atoms with Crippen LogP contribution in [0.1, 0.15) is 21.7 Å². The number of thiazole rings is 1. The minimum atomic E-state index is 0.365. The predicted octanol–water partition coefficient (Wildman–Crippen LogP) is 6.56. The molecule has 0 saturated carbocycles. The summed E-state index contributed by atoms with van der Waals surface area (Å²) in [5.74, 6) is 2.13. The maximum absolute atomic E-state index is 10.2. The number of nitriles is 1. The van der Waals surface area contributed by atoms with Crippen molar-refractivity contribution in [3.05, 3.63) is 64.2 Å². The summed E-state index contributed by atoms with van der Waals surface area (Å²) in [7, 11) is 4.67. The first-order valence-electron chi connectivity index (χ1n) is 10.9. The fourth-order valence-corrected chi connectivity index (χ4v) is 6.38. The molecule has 0 aliphatic heterocycles. The van der Waals surface area contributed by atoms with Crippen molar-refractivity contribution in [3.8, 4) is 34.6 Å². The summed E-state index contributed by atoms with van der Waals surface area (Å²) in [6, 6.07) is 16.0. The number of benzene rings is 2. The monoisotopic (exact) mass is 536 g/mol. The fraction of sp³-hybridized carbons (Fsp3) is 0.231. The number of thioether (sulfide) groups is 1. The van der Waals surface area contributed by atoms with Gasteiger partial charge in [-0.05, 0) is 43.3 Å². The van der Waals surface area contributed by atoms with Gasteiger partial charge >= 0.3 is 0 Å².